The van der Waals surface area contributed by atoms with Crippen LogP contribution in [0.4, 0.5) is 0 Å². The third kappa shape index (κ3) is 3.27. The second-order valence-electron chi connectivity index (χ2n) is 5.32. The van der Waals surface area contributed by atoms with Crippen molar-refractivity contribution in [2.24, 2.45) is 10.7 Å². The molecule has 4 heteroatoms. The SMILES string of the molecule is CC[C@@H](C[C@H]1COC(N)=N1)Oc1ccc2ccccc2c1. The molecule has 0 spiro atoms. The Labute approximate surface area is 124 Å². The van der Waals surface area contributed by atoms with Crippen molar-refractivity contribution in [2.45, 2.75) is 31.9 Å². The topological polar surface area (TPSA) is 56.8 Å². The molecule has 0 bridgehead atoms. The van der Waals surface area contributed by atoms with E-state index in [2.05, 4.69) is 36.2 Å². The molecule has 110 valence electrons. The number of fused-ring (bicyclic) bond motifs is 1. The maximum atomic E-state index is 6.10. The van der Waals surface area contributed by atoms with Crippen molar-refractivity contribution in [1.29, 1.82) is 0 Å². The summed E-state index contributed by atoms with van der Waals surface area (Å²) >= 11 is 0. The van der Waals surface area contributed by atoms with Crippen LogP contribution in [-0.2, 0) is 4.74 Å². The van der Waals surface area contributed by atoms with Gasteiger partial charge in [0.1, 0.15) is 18.5 Å². The van der Waals surface area contributed by atoms with Gasteiger partial charge in [0.25, 0.3) is 6.02 Å². The number of nitrogens with two attached hydrogens (primary N) is 1. The van der Waals surface area contributed by atoms with Gasteiger partial charge in [-0.3, -0.25) is 0 Å². The van der Waals surface area contributed by atoms with E-state index in [0.29, 0.717) is 12.6 Å². The van der Waals surface area contributed by atoms with Crippen LogP contribution in [0.15, 0.2) is 47.5 Å². The first-order valence-corrected chi connectivity index (χ1v) is 7.36. The molecule has 0 saturated carbocycles. The maximum Gasteiger partial charge on any atom is 0.282 e. The van der Waals surface area contributed by atoms with Crippen LogP contribution < -0.4 is 10.5 Å². The zero-order chi connectivity index (χ0) is 14.7. The highest BCUT2D eigenvalue weighted by Crippen LogP contribution is 2.23. The van der Waals surface area contributed by atoms with E-state index in [1.165, 1.54) is 10.8 Å². The lowest BCUT2D eigenvalue weighted by molar-refractivity contribution is 0.169. The molecule has 21 heavy (non-hydrogen) atoms. The van der Waals surface area contributed by atoms with Crippen LogP contribution in [0, 0.1) is 0 Å². The summed E-state index contributed by atoms with van der Waals surface area (Å²) in [6.45, 7) is 2.68. The van der Waals surface area contributed by atoms with E-state index in [9.17, 15) is 0 Å². The number of aliphatic imine (C=N–C) groups is 1. The first-order chi connectivity index (χ1) is 10.2. The minimum atomic E-state index is 0.107. The molecule has 0 unspecified atom stereocenters. The highest BCUT2D eigenvalue weighted by Gasteiger charge is 2.21. The van der Waals surface area contributed by atoms with Gasteiger partial charge in [-0.05, 0) is 29.3 Å². The highest BCUT2D eigenvalue weighted by atomic mass is 16.5. The standard InChI is InChI=1S/C17H20N2O2/c1-2-15(10-14-11-20-17(18)19-14)21-16-8-7-12-5-3-4-6-13(12)9-16/h3-9,14-15H,2,10-11H2,1H3,(H2,18,19)/t14-,15-/m0/s1. The van der Waals surface area contributed by atoms with Crippen molar-refractivity contribution in [3.8, 4) is 5.75 Å². The summed E-state index contributed by atoms with van der Waals surface area (Å²) in [5.74, 6) is 0.899. The molecular weight excluding hydrogens is 264 g/mol. The van der Waals surface area contributed by atoms with E-state index in [1.807, 2.05) is 18.2 Å². The second-order valence-corrected chi connectivity index (χ2v) is 5.32. The largest absolute Gasteiger partial charge is 0.490 e. The fraction of sp³-hybridized carbons (Fsp3) is 0.353. The van der Waals surface area contributed by atoms with Crippen LogP contribution in [-0.4, -0.2) is 24.8 Å². The van der Waals surface area contributed by atoms with Crippen molar-refractivity contribution >= 4 is 16.8 Å². The van der Waals surface area contributed by atoms with Crippen LogP contribution in [0.2, 0.25) is 0 Å². The summed E-state index contributed by atoms with van der Waals surface area (Å²) in [7, 11) is 0. The Bertz CT molecular complexity index is 654. The van der Waals surface area contributed by atoms with Crippen molar-refractivity contribution < 1.29 is 9.47 Å². The first kappa shape index (κ1) is 13.7. The van der Waals surface area contributed by atoms with E-state index < -0.39 is 0 Å². The van der Waals surface area contributed by atoms with E-state index in [-0.39, 0.29) is 12.1 Å². The summed E-state index contributed by atoms with van der Waals surface area (Å²) in [4.78, 5) is 4.26. The van der Waals surface area contributed by atoms with Gasteiger partial charge in [-0.2, -0.15) is 0 Å². The summed E-state index contributed by atoms with van der Waals surface area (Å²) in [5.41, 5.74) is 5.54. The zero-order valence-electron chi connectivity index (χ0n) is 12.2. The average molecular weight is 284 g/mol. The Balaban J connectivity index is 1.70. The molecule has 2 atom stereocenters. The van der Waals surface area contributed by atoms with Gasteiger partial charge in [-0.15, -0.1) is 0 Å². The number of benzene rings is 2. The Kier molecular flexibility index (Phi) is 3.95. The van der Waals surface area contributed by atoms with Gasteiger partial charge in [-0.25, -0.2) is 4.99 Å². The molecule has 0 fully saturated rings. The fourth-order valence-corrected chi connectivity index (χ4v) is 2.59. The van der Waals surface area contributed by atoms with Gasteiger partial charge in [0.15, 0.2) is 0 Å². The summed E-state index contributed by atoms with van der Waals surface area (Å²) < 4.78 is 11.3. The minimum absolute atomic E-state index is 0.107. The van der Waals surface area contributed by atoms with E-state index in [1.54, 1.807) is 0 Å². The van der Waals surface area contributed by atoms with Crippen molar-refractivity contribution in [3.05, 3.63) is 42.5 Å². The molecule has 0 radical (unpaired) electrons. The molecule has 4 nitrogen and oxygen atoms in total. The summed E-state index contributed by atoms with van der Waals surface area (Å²) in [6, 6.07) is 14.9. The predicted molar refractivity (Wildman–Crippen MR) is 84.6 cm³/mol. The lowest BCUT2D eigenvalue weighted by atomic mass is 10.1. The zero-order valence-corrected chi connectivity index (χ0v) is 12.2. The molecule has 1 heterocycles. The van der Waals surface area contributed by atoms with Crippen LogP contribution in [0.1, 0.15) is 19.8 Å². The molecule has 0 saturated heterocycles. The smallest absolute Gasteiger partial charge is 0.282 e. The lowest BCUT2D eigenvalue weighted by Gasteiger charge is -2.19. The second kappa shape index (κ2) is 6.04. The number of hydrogen-bond donors (Lipinski definition) is 1. The van der Waals surface area contributed by atoms with Crippen LogP contribution >= 0.6 is 0 Å². The first-order valence-electron chi connectivity index (χ1n) is 7.36. The predicted octanol–water partition coefficient (Wildman–Crippen LogP) is 3.10. The molecule has 0 aromatic heterocycles. The van der Waals surface area contributed by atoms with Crippen LogP contribution in [0.5, 0.6) is 5.75 Å². The Morgan fingerprint density at radius 1 is 1.29 bits per heavy atom. The summed E-state index contributed by atoms with van der Waals surface area (Å²) in [6.07, 6.45) is 1.87. The molecule has 1 aliphatic rings. The molecule has 0 amide bonds. The number of rotatable bonds is 5. The normalized spacial score (nSPS) is 19.1. The number of amidine groups is 1. The monoisotopic (exact) mass is 284 g/mol. The molecular formula is C17H20N2O2. The number of hydrogen-bond acceptors (Lipinski definition) is 4. The van der Waals surface area contributed by atoms with Crippen molar-refractivity contribution in [1.82, 2.24) is 0 Å². The molecule has 2 aromatic rings. The van der Waals surface area contributed by atoms with Crippen LogP contribution in [0.25, 0.3) is 10.8 Å². The van der Waals surface area contributed by atoms with E-state index in [4.69, 9.17) is 15.2 Å². The van der Waals surface area contributed by atoms with Crippen LogP contribution in [0.3, 0.4) is 0 Å². The van der Waals surface area contributed by atoms with Crippen molar-refractivity contribution in [3.63, 3.8) is 0 Å². The van der Waals surface area contributed by atoms with Gasteiger partial charge in [0.05, 0.1) is 6.04 Å². The fourth-order valence-electron chi connectivity index (χ4n) is 2.59. The van der Waals surface area contributed by atoms with Crippen molar-refractivity contribution in [2.75, 3.05) is 6.61 Å². The average Bonchev–Trinajstić information content (AvgIpc) is 2.91. The summed E-state index contributed by atoms with van der Waals surface area (Å²) in [5, 5.41) is 2.41. The van der Waals surface area contributed by atoms with Gasteiger partial charge in [-0.1, -0.05) is 37.3 Å². The third-order valence-electron chi connectivity index (χ3n) is 3.75. The van der Waals surface area contributed by atoms with Gasteiger partial charge >= 0.3 is 0 Å². The minimum Gasteiger partial charge on any atom is -0.490 e. The Hall–Kier alpha value is -2.23. The Morgan fingerprint density at radius 3 is 2.81 bits per heavy atom. The lowest BCUT2D eigenvalue weighted by Crippen LogP contribution is -2.22. The maximum absolute atomic E-state index is 6.10. The molecule has 0 aliphatic carbocycles. The third-order valence-corrected chi connectivity index (χ3v) is 3.75. The molecule has 1 aliphatic heterocycles. The number of ether oxygens (including phenoxy) is 2. The Morgan fingerprint density at radius 2 is 2.10 bits per heavy atom. The van der Waals surface area contributed by atoms with E-state index >= 15 is 0 Å². The van der Waals surface area contributed by atoms with Gasteiger partial charge in [0.2, 0.25) is 0 Å². The molecule has 2 aromatic carbocycles. The number of nitrogens with zero attached hydrogens (tertiary/aromatic N) is 1. The molecule has 2 N–H and O–H groups in total. The molecule has 3 rings (SSSR count). The quantitative estimate of drug-likeness (QED) is 0.918. The highest BCUT2D eigenvalue weighted by molar-refractivity contribution is 5.83. The van der Waals surface area contributed by atoms with Gasteiger partial charge in [0, 0.05) is 6.42 Å². The van der Waals surface area contributed by atoms with E-state index in [0.717, 1.165) is 18.6 Å². The van der Waals surface area contributed by atoms with Gasteiger partial charge < -0.3 is 15.2 Å².